The lowest BCUT2D eigenvalue weighted by atomic mass is 10.3. The van der Waals surface area contributed by atoms with Crippen LogP contribution in [-0.2, 0) is 9.53 Å². The molecular weight excluding hydrogens is 156 g/mol. The fraction of sp³-hybridized carbons (Fsp3) is 0.600. The third-order valence-electron chi connectivity index (χ3n) is 0.902. The maximum atomic E-state index is 9.92. The van der Waals surface area contributed by atoms with Crippen LogP contribution in [0.4, 0.5) is 4.79 Å². The van der Waals surface area contributed by atoms with E-state index in [0.29, 0.717) is 0 Å². The third kappa shape index (κ3) is 5.16. The molecule has 0 aromatic rings. The molecule has 1 unspecified atom stereocenters. The number of aliphatic carboxylic acids is 1. The quantitative estimate of drug-likeness (QED) is 0.484. The summed E-state index contributed by atoms with van der Waals surface area (Å²) in [5.41, 5.74) is 0. The fourth-order valence-electron chi connectivity index (χ4n) is 0.381. The molecule has 3 N–H and O–H groups in total. The second-order valence-electron chi connectivity index (χ2n) is 1.76. The van der Waals surface area contributed by atoms with Crippen LogP contribution in [0.1, 0.15) is 6.42 Å². The zero-order valence-electron chi connectivity index (χ0n) is 5.56. The Morgan fingerprint density at radius 2 is 1.91 bits per heavy atom. The number of hydrogen-bond donors (Lipinski definition) is 3. The van der Waals surface area contributed by atoms with E-state index in [-0.39, 0.29) is 13.0 Å². The third-order valence-corrected chi connectivity index (χ3v) is 0.902. The van der Waals surface area contributed by atoms with E-state index in [1.807, 2.05) is 0 Å². The van der Waals surface area contributed by atoms with Crippen LogP contribution in [-0.4, -0.2) is 40.2 Å². The topological polar surface area (TPSA) is 104 Å². The van der Waals surface area contributed by atoms with Gasteiger partial charge in [-0.3, -0.25) is 0 Å². The summed E-state index contributed by atoms with van der Waals surface area (Å²) in [7, 11) is 0. The van der Waals surface area contributed by atoms with Crippen LogP contribution < -0.4 is 0 Å². The molecule has 0 aliphatic heterocycles. The number of carboxylic acids is 1. The van der Waals surface area contributed by atoms with E-state index in [1.54, 1.807) is 0 Å². The first-order valence-corrected chi connectivity index (χ1v) is 2.80. The van der Waals surface area contributed by atoms with Crippen molar-refractivity contribution >= 4 is 12.1 Å². The summed E-state index contributed by atoms with van der Waals surface area (Å²) in [4.78, 5) is 19.6. The van der Waals surface area contributed by atoms with Gasteiger partial charge in [0.25, 0.3) is 0 Å². The summed E-state index contributed by atoms with van der Waals surface area (Å²) < 4.78 is 3.96. The number of ether oxygens (including phenoxy) is 1. The standard InChI is InChI=1S/C5H8O6/c6-3(4(7)8)1-2-11-5(9)10/h3,6H,1-2H2,(H,7,8)(H,9,10). The van der Waals surface area contributed by atoms with Crippen molar-refractivity contribution in [3.63, 3.8) is 0 Å². The van der Waals surface area contributed by atoms with Gasteiger partial charge in [0, 0.05) is 6.42 Å². The molecule has 0 heterocycles. The van der Waals surface area contributed by atoms with E-state index in [0.717, 1.165) is 0 Å². The fourth-order valence-corrected chi connectivity index (χ4v) is 0.381. The molecule has 0 aliphatic carbocycles. The Kier molecular flexibility index (Phi) is 3.97. The molecule has 0 aromatic carbocycles. The van der Waals surface area contributed by atoms with Gasteiger partial charge in [0.05, 0.1) is 6.61 Å². The van der Waals surface area contributed by atoms with Gasteiger partial charge in [0.2, 0.25) is 0 Å². The molecule has 0 aliphatic rings. The molecule has 0 fully saturated rings. The molecule has 0 rings (SSSR count). The predicted molar refractivity (Wildman–Crippen MR) is 32.2 cm³/mol. The van der Waals surface area contributed by atoms with Gasteiger partial charge in [-0.15, -0.1) is 0 Å². The van der Waals surface area contributed by atoms with Crippen molar-refractivity contribution in [1.82, 2.24) is 0 Å². The minimum absolute atomic E-state index is 0.234. The molecule has 0 spiro atoms. The highest BCUT2D eigenvalue weighted by Gasteiger charge is 2.12. The van der Waals surface area contributed by atoms with E-state index in [2.05, 4.69) is 4.74 Å². The molecule has 1 atom stereocenters. The molecule has 0 amide bonds. The van der Waals surface area contributed by atoms with Crippen molar-refractivity contribution in [2.24, 2.45) is 0 Å². The highest BCUT2D eigenvalue weighted by Crippen LogP contribution is 1.92. The van der Waals surface area contributed by atoms with Crippen molar-refractivity contribution in [1.29, 1.82) is 0 Å². The summed E-state index contributed by atoms with van der Waals surface area (Å²) >= 11 is 0. The lowest BCUT2D eigenvalue weighted by Crippen LogP contribution is -2.21. The number of aliphatic hydroxyl groups is 1. The first-order chi connectivity index (χ1) is 5.04. The number of aliphatic hydroxyl groups excluding tert-OH is 1. The number of rotatable bonds is 4. The summed E-state index contributed by atoms with van der Waals surface area (Å²) in [6, 6.07) is 0. The predicted octanol–water partition coefficient (Wildman–Crippen LogP) is -0.483. The molecule has 0 aromatic heterocycles. The van der Waals surface area contributed by atoms with Gasteiger partial charge in [-0.05, 0) is 0 Å². The molecule has 64 valence electrons. The van der Waals surface area contributed by atoms with Crippen molar-refractivity contribution < 1.29 is 29.6 Å². The lowest BCUT2D eigenvalue weighted by Gasteiger charge is -2.03. The van der Waals surface area contributed by atoms with Gasteiger partial charge in [-0.25, -0.2) is 9.59 Å². The Hall–Kier alpha value is -1.30. The number of hydrogen-bond acceptors (Lipinski definition) is 4. The summed E-state index contributed by atoms with van der Waals surface area (Å²) in [6.07, 6.45) is -3.28. The van der Waals surface area contributed by atoms with Crippen LogP contribution in [0.5, 0.6) is 0 Å². The van der Waals surface area contributed by atoms with Crippen LogP contribution in [0, 0.1) is 0 Å². The Bertz CT molecular complexity index is 153. The largest absolute Gasteiger partial charge is 0.505 e. The Balaban J connectivity index is 3.39. The number of carboxylic acid groups (broad SMARTS) is 2. The molecule has 11 heavy (non-hydrogen) atoms. The van der Waals surface area contributed by atoms with Crippen LogP contribution >= 0.6 is 0 Å². The van der Waals surface area contributed by atoms with Gasteiger partial charge >= 0.3 is 12.1 Å². The molecule has 0 saturated carbocycles. The first-order valence-electron chi connectivity index (χ1n) is 2.80. The average molecular weight is 164 g/mol. The Morgan fingerprint density at radius 1 is 1.36 bits per heavy atom. The average Bonchev–Trinajstić information content (AvgIpc) is 1.86. The first kappa shape index (κ1) is 9.70. The molecule has 6 heteroatoms. The van der Waals surface area contributed by atoms with Crippen LogP contribution in [0.2, 0.25) is 0 Å². The molecule has 0 radical (unpaired) electrons. The SMILES string of the molecule is O=C(O)OCCC(O)C(=O)O. The second-order valence-corrected chi connectivity index (χ2v) is 1.76. The van der Waals surface area contributed by atoms with Crippen LogP contribution in [0.3, 0.4) is 0 Å². The smallest absolute Gasteiger partial charge is 0.479 e. The van der Waals surface area contributed by atoms with Crippen molar-refractivity contribution in [3.05, 3.63) is 0 Å². The second kappa shape index (κ2) is 4.51. The summed E-state index contributed by atoms with van der Waals surface area (Å²) in [6.45, 7) is -0.317. The highest BCUT2D eigenvalue weighted by atomic mass is 16.7. The van der Waals surface area contributed by atoms with E-state index < -0.39 is 18.2 Å². The minimum atomic E-state index is -1.56. The molecule has 6 nitrogen and oxygen atoms in total. The van der Waals surface area contributed by atoms with Crippen LogP contribution in [0.25, 0.3) is 0 Å². The highest BCUT2D eigenvalue weighted by molar-refractivity contribution is 5.71. The zero-order valence-corrected chi connectivity index (χ0v) is 5.56. The van der Waals surface area contributed by atoms with E-state index in [1.165, 1.54) is 0 Å². The molecule has 0 saturated heterocycles. The molecule has 0 bridgehead atoms. The van der Waals surface area contributed by atoms with Gasteiger partial charge in [0.15, 0.2) is 6.10 Å². The van der Waals surface area contributed by atoms with Crippen LogP contribution in [0.15, 0.2) is 0 Å². The van der Waals surface area contributed by atoms with E-state index in [4.69, 9.17) is 15.3 Å². The van der Waals surface area contributed by atoms with E-state index in [9.17, 15) is 9.59 Å². The van der Waals surface area contributed by atoms with E-state index >= 15 is 0 Å². The van der Waals surface area contributed by atoms with Crippen molar-refractivity contribution in [2.75, 3.05) is 6.61 Å². The van der Waals surface area contributed by atoms with Gasteiger partial charge in [0.1, 0.15) is 0 Å². The summed E-state index contributed by atoms with van der Waals surface area (Å²) in [5.74, 6) is -1.39. The Morgan fingerprint density at radius 3 is 2.27 bits per heavy atom. The Labute approximate surface area is 62.0 Å². The zero-order chi connectivity index (χ0) is 8.85. The van der Waals surface area contributed by atoms with Crippen molar-refractivity contribution in [3.8, 4) is 0 Å². The van der Waals surface area contributed by atoms with Gasteiger partial charge < -0.3 is 20.1 Å². The maximum Gasteiger partial charge on any atom is 0.505 e. The number of carbonyl (C=O) groups is 2. The lowest BCUT2D eigenvalue weighted by molar-refractivity contribution is -0.147. The molecular formula is C5H8O6. The van der Waals surface area contributed by atoms with Crippen molar-refractivity contribution in [2.45, 2.75) is 12.5 Å². The maximum absolute atomic E-state index is 9.92. The van der Waals surface area contributed by atoms with Gasteiger partial charge in [-0.2, -0.15) is 0 Å². The minimum Gasteiger partial charge on any atom is -0.479 e. The normalized spacial score (nSPS) is 12.1. The van der Waals surface area contributed by atoms with Gasteiger partial charge in [-0.1, -0.05) is 0 Å². The monoisotopic (exact) mass is 164 g/mol. The summed E-state index contributed by atoms with van der Waals surface area (Å²) in [5, 5.41) is 24.6.